The summed E-state index contributed by atoms with van der Waals surface area (Å²) in [6, 6.07) is 4.09. The highest BCUT2D eigenvalue weighted by Gasteiger charge is 2.18. The molecule has 1 fully saturated rings. The zero-order chi connectivity index (χ0) is 13.7. The molecule has 1 aliphatic carbocycles. The van der Waals surface area contributed by atoms with Crippen LogP contribution in [0.25, 0.3) is 0 Å². The third-order valence-corrected chi connectivity index (χ3v) is 3.59. The van der Waals surface area contributed by atoms with Crippen LogP contribution in [0, 0.1) is 0 Å². The third kappa shape index (κ3) is 3.69. The Kier molecular flexibility index (Phi) is 4.77. The lowest BCUT2D eigenvalue weighted by molar-refractivity contribution is 0.0937. The monoisotopic (exact) mass is 261 g/mol. The molecule has 0 atom stereocenters. The van der Waals surface area contributed by atoms with Crippen molar-refractivity contribution in [2.45, 2.75) is 51.5 Å². The number of hydrogen-bond donors (Lipinski definition) is 2. The molecular formula is C15H23N3O. The molecule has 1 saturated carbocycles. The molecule has 0 unspecified atom stereocenters. The molecule has 4 heteroatoms. The Hall–Kier alpha value is -1.58. The lowest BCUT2D eigenvalue weighted by atomic mass is 10.1. The highest BCUT2D eigenvalue weighted by Crippen LogP contribution is 2.19. The molecule has 1 aromatic rings. The van der Waals surface area contributed by atoms with Gasteiger partial charge in [-0.05, 0) is 31.4 Å². The summed E-state index contributed by atoms with van der Waals surface area (Å²) in [6.07, 6.45) is 6.60. The Bertz CT molecular complexity index is 439. The maximum Gasteiger partial charge on any atom is 0.251 e. The van der Waals surface area contributed by atoms with Crippen LogP contribution in [-0.4, -0.2) is 24.0 Å². The molecule has 0 spiro atoms. The number of aromatic nitrogens is 1. The van der Waals surface area contributed by atoms with Crippen LogP contribution in [0.2, 0.25) is 0 Å². The predicted molar refractivity (Wildman–Crippen MR) is 77.5 cm³/mol. The van der Waals surface area contributed by atoms with Crippen LogP contribution in [0.1, 0.15) is 55.1 Å². The van der Waals surface area contributed by atoms with Gasteiger partial charge in [0.25, 0.3) is 5.91 Å². The summed E-state index contributed by atoms with van der Waals surface area (Å²) < 4.78 is 0. The first kappa shape index (κ1) is 13.8. The summed E-state index contributed by atoms with van der Waals surface area (Å²) in [5.41, 5.74) is 1.70. The lowest BCUT2D eigenvalue weighted by Gasteiger charge is -2.13. The van der Waals surface area contributed by atoms with E-state index >= 15 is 0 Å². The second-order valence-electron chi connectivity index (χ2n) is 5.19. The van der Waals surface area contributed by atoms with Gasteiger partial charge in [-0.2, -0.15) is 0 Å². The fraction of sp³-hybridized carbons (Fsp3) is 0.600. The maximum atomic E-state index is 12.3. The molecule has 1 heterocycles. The SMILES string of the molecule is CCCc1cc(C(=O)NC2CCCC2)cc(NC)n1. The number of nitrogens with zero attached hydrogens (tertiary/aromatic N) is 1. The van der Waals surface area contributed by atoms with Crippen molar-refractivity contribution >= 4 is 11.7 Å². The van der Waals surface area contributed by atoms with E-state index in [0.717, 1.165) is 42.8 Å². The molecule has 2 rings (SSSR count). The third-order valence-electron chi connectivity index (χ3n) is 3.59. The van der Waals surface area contributed by atoms with Gasteiger partial charge in [-0.15, -0.1) is 0 Å². The Morgan fingerprint density at radius 1 is 1.37 bits per heavy atom. The van der Waals surface area contributed by atoms with E-state index in [2.05, 4.69) is 22.5 Å². The molecule has 2 N–H and O–H groups in total. The molecule has 0 aliphatic heterocycles. The molecule has 0 bridgehead atoms. The van der Waals surface area contributed by atoms with Gasteiger partial charge >= 0.3 is 0 Å². The Morgan fingerprint density at radius 3 is 2.74 bits per heavy atom. The molecule has 0 saturated heterocycles. The predicted octanol–water partition coefficient (Wildman–Crippen LogP) is 2.75. The first-order valence-electron chi connectivity index (χ1n) is 7.22. The van der Waals surface area contributed by atoms with E-state index in [1.165, 1.54) is 12.8 Å². The fourth-order valence-corrected chi connectivity index (χ4v) is 2.57. The van der Waals surface area contributed by atoms with Gasteiger partial charge in [0, 0.05) is 24.3 Å². The quantitative estimate of drug-likeness (QED) is 0.857. The zero-order valence-electron chi connectivity index (χ0n) is 11.8. The summed E-state index contributed by atoms with van der Waals surface area (Å²) in [4.78, 5) is 16.7. The summed E-state index contributed by atoms with van der Waals surface area (Å²) in [6.45, 7) is 2.12. The van der Waals surface area contributed by atoms with Crippen LogP contribution < -0.4 is 10.6 Å². The van der Waals surface area contributed by atoms with Crippen molar-refractivity contribution < 1.29 is 4.79 Å². The van der Waals surface area contributed by atoms with Crippen LogP contribution >= 0.6 is 0 Å². The molecule has 1 amide bonds. The summed E-state index contributed by atoms with van der Waals surface area (Å²) >= 11 is 0. The van der Waals surface area contributed by atoms with Crippen LogP contribution in [0.3, 0.4) is 0 Å². The summed E-state index contributed by atoms with van der Waals surface area (Å²) in [5, 5.41) is 6.14. The summed E-state index contributed by atoms with van der Waals surface area (Å²) in [7, 11) is 1.83. The number of carbonyl (C=O) groups excluding carboxylic acids is 1. The van der Waals surface area contributed by atoms with Crippen LogP contribution in [0.15, 0.2) is 12.1 Å². The molecule has 4 nitrogen and oxygen atoms in total. The zero-order valence-corrected chi connectivity index (χ0v) is 11.8. The minimum atomic E-state index is 0.0307. The van der Waals surface area contributed by atoms with Crippen molar-refractivity contribution in [3.63, 3.8) is 0 Å². The average Bonchev–Trinajstić information content (AvgIpc) is 2.91. The number of pyridine rings is 1. The van der Waals surface area contributed by atoms with E-state index < -0.39 is 0 Å². The van der Waals surface area contributed by atoms with E-state index in [4.69, 9.17) is 0 Å². The number of hydrogen-bond acceptors (Lipinski definition) is 3. The second kappa shape index (κ2) is 6.55. The van der Waals surface area contributed by atoms with E-state index in [1.807, 2.05) is 19.2 Å². The van der Waals surface area contributed by atoms with Crippen molar-refractivity contribution in [3.05, 3.63) is 23.4 Å². The summed E-state index contributed by atoms with van der Waals surface area (Å²) in [5.74, 6) is 0.797. The number of nitrogens with one attached hydrogen (secondary N) is 2. The van der Waals surface area contributed by atoms with Crippen LogP contribution in [0.4, 0.5) is 5.82 Å². The normalized spacial score (nSPS) is 15.5. The topological polar surface area (TPSA) is 54.0 Å². The maximum absolute atomic E-state index is 12.3. The van der Waals surface area contributed by atoms with Gasteiger partial charge in [0.1, 0.15) is 5.82 Å². The van der Waals surface area contributed by atoms with Crippen molar-refractivity contribution in [1.29, 1.82) is 0 Å². The van der Waals surface area contributed by atoms with Gasteiger partial charge in [0.15, 0.2) is 0 Å². The fourth-order valence-electron chi connectivity index (χ4n) is 2.57. The van der Waals surface area contributed by atoms with E-state index in [9.17, 15) is 4.79 Å². The van der Waals surface area contributed by atoms with Crippen molar-refractivity contribution in [2.75, 3.05) is 12.4 Å². The molecule has 1 aromatic heterocycles. The van der Waals surface area contributed by atoms with Gasteiger partial charge in [0.2, 0.25) is 0 Å². The van der Waals surface area contributed by atoms with Crippen molar-refractivity contribution in [1.82, 2.24) is 10.3 Å². The van der Waals surface area contributed by atoms with Crippen molar-refractivity contribution in [3.8, 4) is 0 Å². The number of carbonyl (C=O) groups is 1. The molecule has 19 heavy (non-hydrogen) atoms. The minimum Gasteiger partial charge on any atom is -0.373 e. The van der Waals surface area contributed by atoms with Gasteiger partial charge in [-0.3, -0.25) is 4.79 Å². The van der Waals surface area contributed by atoms with Gasteiger partial charge < -0.3 is 10.6 Å². The van der Waals surface area contributed by atoms with E-state index in [0.29, 0.717) is 6.04 Å². The van der Waals surface area contributed by atoms with Crippen molar-refractivity contribution in [2.24, 2.45) is 0 Å². The Balaban J connectivity index is 2.12. The number of anilines is 1. The van der Waals surface area contributed by atoms with Gasteiger partial charge in [0.05, 0.1) is 0 Å². The highest BCUT2D eigenvalue weighted by atomic mass is 16.1. The molecule has 0 radical (unpaired) electrons. The Morgan fingerprint density at radius 2 is 2.11 bits per heavy atom. The molecule has 104 valence electrons. The van der Waals surface area contributed by atoms with Gasteiger partial charge in [-0.1, -0.05) is 26.2 Å². The number of aryl methyl sites for hydroxylation is 1. The first-order chi connectivity index (χ1) is 9.22. The lowest BCUT2D eigenvalue weighted by Crippen LogP contribution is -2.32. The smallest absolute Gasteiger partial charge is 0.251 e. The number of rotatable bonds is 5. The van der Waals surface area contributed by atoms with E-state index in [1.54, 1.807) is 0 Å². The van der Waals surface area contributed by atoms with Gasteiger partial charge in [-0.25, -0.2) is 4.98 Å². The second-order valence-corrected chi connectivity index (χ2v) is 5.19. The highest BCUT2D eigenvalue weighted by molar-refractivity contribution is 5.95. The number of amides is 1. The molecule has 0 aromatic carbocycles. The van der Waals surface area contributed by atoms with Crippen LogP contribution in [0.5, 0.6) is 0 Å². The van der Waals surface area contributed by atoms with Crippen LogP contribution in [-0.2, 0) is 6.42 Å². The standard InChI is InChI=1S/C15H23N3O/c1-3-6-13-9-11(10-14(16-2)17-13)15(19)18-12-7-4-5-8-12/h9-10,12H,3-8H2,1-2H3,(H,16,17)(H,18,19). The minimum absolute atomic E-state index is 0.0307. The molecule has 1 aliphatic rings. The first-order valence-corrected chi connectivity index (χ1v) is 7.22. The largest absolute Gasteiger partial charge is 0.373 e. The molecular weight excluding hydrogens is 238 g/mol. The Labute approximate surface area is 115 Å². The van der Waals surface area contributed by atoms with E-state index in [-0.39, 0.29) is 5.91 Å². The average molecular weight is 261 g/mol.